The summed E-state index contributed by atoms with van der Waals surface area (Å²) < 4.78 is 5.03. The number of amides is 1. The number of nitrogens with one attached hydrogen (secondary N) is 1. The first-order valence-corrected chi connectivity index (χ1v) is 6.62. The number of nitrogens with zero attached hydrogens (tertiary/aromatic N) is 1. The molecule has 0 aliphatic rings. The van der Waals surface area contributed by atoms with Gasteiger partial charge in [-0.3, -0.25) is 0 Å². The number of carbonyl (C=O) groups excluding carboxylic acids is 1. The molecule has 0 bridgehead atoms. The summed E-state index contributed by atoms with van der Waals surface area (Å²) in [6, 6.07) is -1.04. The van der Waals surface area contributed by atoms with Crippen LogP contribution in [-0.4, -0.2) is 33.8 Å². The lowest BCUT2D eigenvalue weighted by Crippen LogP contribution is -2.44. The van der Waals surface area contributed by atoms with Crippen molar-refractivity contribution in [3.05, 3.63) is 16.1 Å². The van der Waals surface area contributed by atoms with Gasteiger partial charge in [0.05, 0.1) is 5.01 Å². The first kappa shape index (κ1) is 15.4. The number of carboxylic acid groups (broad SMARTS) is 1. The monoisotopic (exact) mass is 286 g/mol. The third-order valence-electron chi connectivity index (χ3n) is 2.04. The summed E-state index contributed by atoms with van der Waals surface area (Å²) in [5.41, 5.74) is -0.662. The topological polar surface area (TPSA) is 88.5 Å². The highest BCUT2D eigenvalue weighted by atomic mass is 32.1. The second kappa shape index (κ2) is 6.01. The molecule has 0 spiro atoms. The molecule has 106 valence electrons. The van der Waals surface area contributed by atoms with Crippen molar-refractivity contribution in [2.45, 2.75) is 45.8 Å². The van der Waals surface area contributed by atoms with Gasteiger partial charge in [0.2, 0.25) is 0 Å². The molecule has 1 aromatic rings. The lowest BCUT2D eigenvalue weighted by atomic mass is 10.2. The summed E-state index contributed by atoms with van der Waals surface area (Å²) >= 11 is 1.41. The molecule has 0 aliphatic carbocycles. The van der Waals surface area contributed by atoms with Gasteiger partial charge in [0.1, 0.15) is 11.6 Å². The molecule has 1 rings (SSSR count). The van der Waals surface area contributed by atoms with Crippen molar-refractivity contribution in [3.63, 3.8) is 0 Å². The van der Waals surface area contributed by atoms with Gasteiger partial charge in [0.15, 0.2) is 0 Å². The number of carbonyl (C=O) groups is 2. The minimum atomic E-state index is -1.11. The van der Waals surface area contributed by atoms with Crippen LogP contribution in [0.4, 0.5) is 4.79 Å². The summed E-state index contributed by atoms with van der Waals surface area (Å²) in [7, 11) is 0. The van der Waals surface area contributed by atoms with Crippen molar-refractivity contribution in [1.82, 2.24) is 10.3 Å². The van der Waals surface area contributed by atoms with Gasteiger partial charge in [-0.25, -0.2) is 14.6 Å². The minimum absolute atomic E-state index is 0.146. The van der Waals surface area contributed by atoms with Gasteiger partial charge < -0.3 is 15.2 Å². The molecule has 0 saturated carbocycles. The van der Waals surface area contributed by atoms with E-state index in [1.807, 2.05) is 6.92 Å². The molecule has 1 unspecified atom stereocenters. The van der Waals surface area contributed by atoms with Gasteiger partial charge in [0, 0.05) is 17.5 Å². The average Bonchev–Trinajstić information content (AvgIpc) is 2.60. The maximum atomic E-state index is 11.6. The number of aromatic nitrogens is 1. The summed E-state index contributed by atoms with van der Waals surface area (Å²) in [6.07, 6.45) is 1.08. The van der Waals surface area contributed by atoms with Gasteiger partial charge in [-0.15, -0.1) is 11.3 Å². The molecule has 1 amide bonds. The summed E-state index contributed by atoms with van der Waals surface area (Å²) in [6.45, 7) is 7.03. The van der Waals surface area contributed by atoms with Gasteiger partial charge in [-0.2, -0.15) is 0 Å². The molecule has 6 nitrogen and oxygen atoms in total. The smallest absolute Gasteiger partial charge is 0.408 e. The Balaban J connectivity index is 2.63. The standard InChI is InChI=1S/C12H18N2O4S/c1-7-6-13-9(19-7)5-8(10(15)16)14-11(17)18-12(2,3)4/h6,8H,5H2,1-4H3,(H,14,17)(H,15,16). The zero-order valence-corrected chi connectivity index (χ0v) is 12.2. The number of aryl methyl sites for hydroxylation is 1. The van der Waals surface area contributed by atoms with E-state index in [1.165, 1.54) is 11.3 Å². The van der Waals surface area contributed by atoms with E-state index < -0.39 is 23.7 Å². The SMILES string of the molecule is Cc1cnc(CC(NC(=O)OC(C)(C)C)C(=O)O)s1. The second-order valence-electron chi connectivity index (χ2n) is 5.11. The minimum Gasteiger partial charge on any atom is -0.480 e. The Morgan fingerprint density at radius 3 is 2.58 bits per heavy atom. The number of carboxylic acids is 1. The van der Waals surface area contributed by atoms with Crippen LogP contribution in [0.5, 0.6) is 0 Å². The van der Waals surface area contributed by atoms with Crippen LogP contribution in [0.2, 0.25) is 0 Å². The van der Waals surface area contributed by atoms with Crippen LogP contribution < -0.4 is 5.32 Å². The molecular formula is C12H18N2O4S. The Kier molecular flexibility index (Phi) is 4.88. The van der Waals surface area contributed by atoms with E-state index in [9.17, 15) is 9.59 Å². The molecule has 2 N–H and O–H groups in total. The molecule has 7 heteroatoms. The number of rotatable bonds is 4. The van der Waals surface area contributed by atoms with E-state index in [0.717, 1.165) is 4.88 Å². The zero-order chi connectivity index (χ0) is 14.6. The lowest BCUT2D eigenvalue weighted by molar-refractivity contribution is -0.139. The predicted octanol–water partition coefficient (Wildman–Crippen LogP) is 1.97. The number of ether oxygens (including phenoxy) is 1. The lowest BCUT2D eigenvalue weighted by Gasteiger charge is -2.21. The predicted molar refractivity (Wildman–Crippen MR) is 71.3 cm³/mol. The Hall–Kier alpha value is -1.63. The van der Waals surface area contributed by atoms with Crippen LogP contribution in [0.1, 0.15) is 30.7 Å². The molecule has 1 heterocycles. The molecule has 0 radical (unpaired) electrons. The zero-order valence-electron chi connectivity index (χ0n) is 11.4. The van der Waals surface area contributed by atoms with E-state index in [2.05, 4.69) is 10.3 Å². The maximum absolute atomic E-state index is 11.6. The Labute approximate surface area is 115 Å². The molecule has 1 atom stereocenters. The third-order valence-corrected chi connectivity index (χ3v) is 2.97. The van der Waals surface area contributed by atoms with Crippen LogP contribution in [0.3, 0.4) is 0 Å². The molecule has 19 heavy (non-hydrogen) atoms. The molecule has 0 fully saturated rings. The molecule has 0 aliphatic heterocycles. The number of hydrogen-bond acceptors (Lipinski definition) is 5. The maximum Gasteiger partial charge on any atom is 0.408 e. The summed E-state index contributed by atoms with van der Waals surface area (Å²) in [5, 5.41) is 12.1. The fourth-order valence-corrected chi connectivity index (χ4v) is 2.15. The fraction of sp³-hybridized carbons (Fsp3) is 0.583. The highest BCUT2D eigenvalue weighted by Crippen LogP contribution is 2.14. The summed E-state index contributed by atoms with van der Waals surface area (Å²) in [5.74, 6) is -1.11. The van der Waals surface area contributed by atoms with Crippen LogP contribution in [-0.2, 0) is 16.0 Å². The Morgan fingerprint density at radius 2 is 2.16 bits per heavy atom. The van der Waals surface area contributed by atoms with Gasteiger partial charge in [-0.05, 0) is 27.7 Å². The van der Waals surface area contributed by atoms with Gasteiger partial charge in [-0.1, -0.05) is 0 Å². The van der Waals surface area contributed by atoms with Crippen molar-refractivity contribution in [2.75, 3.05) is 0 Å². The Morgan fingerprint density at radius 1 is 1.53 bits per heavy atom. The normalized spacial score (nSPS) is 12.8. The first-order valence-electron chi connectivity index (χ1n) is 5.81. The van der Waals surface area contributed by atoms with E-state index in [0.29, 0.717) is 5.01 Å². The second-order valence-corrected chi connectivity index (χ2v) is 6.43. The third kappa shape index (κ3) is 5.69. The van der Waals surface area contributed by atoms with Crippen LogP contribution in [0.25, 0.3) is 0 Å². The number of aliphatic carboxylic acids is 1. The van der Waals surface area contributed by atoms with E-state index in [1.54, 1.807) is 27.0 Å². The van der Waals surface area contributed by atoms with Crippen LogP contribution in [0, 0.1) is 6.92 Å². The van der Waals surface area contributed by atoms with E-state index in [-0.39, 0.29) is 6.42 Å². The molecule has 1 aromatic heterocycles. The molecule has 0 aromatic carbocycles. The Bertz CT molecular complexity index is 465. The van der Waals surface area contributed by atoms with Crippen molar-refractivity contribution >= 4 is 23.4 Å². The largest absolute Gasteiger partial charge is 0.480 e. The fourth-order valence-electron chi connectivity index (χ4n) is 1.32. The highest BCUT2D eigenvalue weighted by Gasteiger charge is 2.25. The van der Waals surface area contributed by atoms with Crippen LogP contribution >= 0.6 is 11.3 Å². The molecule has 0 saturated heterocycles. The number of thiazole rings is 1. The van der Waals surface area contributed by atoms with Crippen molar-refractivity contribution in [3.8, 4) is 0 Å². The van der Waals surface area contributed by atoms with Crippen molar-refractivity contribution < 1.29 is 19.4 Å². The van der Waals surface area contributed by atoms with Gasteiger partial charge >= 0.3 is 12.1 Å². The van der Waals surface area contributed by atoms with Crippen LogP contribution in [0.15, 0.2) is 6.20 Å². The first-order chi connectivity index (χ1) is 8.67. The van der Waals surface area contributed by atoms with Gasteiger partial charge in [0.25, 0.3) is 0 Å². The van der Waals surface area contributed by atoms with E-state index in [4.69, 9.17) is 9.84 Å². The van der Waals surface area contributed by atoms with E-state index >= 15 is 0 Å². The number of hydrogen-bond donors (Lipinski definition) is 2. The quantitative estimate of drug-likeness (QED) is 0.883. The average molecular weight is 286 g/mol. The van der Waals surface area contributed by atoms with Crippen molar-refractivity contribution in [2.24, 2.45) is 0 Å². The summed E-state index contributed by atoms with van der Waals surface area (Å²) in [4.78, 5) is 27.8. The highest BCUT2D eigenvalue weighted by molar-refractivity contribution is 7.11. The van der Waals surface area contributed by atoms with Crippen molar-refractivity contribution in [1.29, 1.82) is 0 Å². The molecular weight excluding hydrogens is 268 g/mol. The number of alkyl carbamates (subject to hydrolysis) is 1.